The van der Waals surface area contributed by atoms with Gasteiger partial charge in [-0.1, -0.05) is 37.0 Å². The molecule has 2 N–H and O–H groups in total. The highest BCUT2D eigenvalue weighted by atomic mass is 32.2. The molecule has 3 unspecified atom stereocenters. The van der Waals surface area contributed by atoms with Crippen LogP contribution >= 0.6 is 11.8 Å². The Morgan fingerprint density at radius 1 is 1.39 bits per heavy atom. The number of likely N-dealkylation sites (tertiary alicyclic amines) is 1. The summed E-state index contributed by atoms with van der Waals surface area (Å²) in [6.07, 6.45) is 21.1. The average molecular weight is 441 g/mol. The molecule has 2 aliphatic rings. The Labute approximate surface area is 193 Å². The van der Waals surface area contributed by atoms with Gasteiger partial charge >= 0.3 is 0 Å². The van der Waals surface area contributed by atoms with Gasteiger partial charge in [0.2, 0.25) is 0 Å². The number of hydrogen-bond acceptors (Lipinski definition) is 5. The monoisotopic (exact) mass is 440 g/mol. The van der Waals surface area contributed by atoms with Crippen molar-refractivity contribution in [2.45, 2.75) is 51.7 Å². The summed E-state index contributed by atoms with van der Waals surface area (Å²) in [7, 11) is 0. The first-order valence-corrected chi connectivity index (χ1v) is 12.6. The summed E-state index contributed by atoms with van der Waals surface area (Å²) in [5, 5.41) is 11.5. The van der Waals surface area contributed by atoms with Crippen molar-refractivity contribution in [1.29, 1.82) is 5.41 Å². The lowest BCUT2D eigenvalue weighted by atomic mass is 9.93. The van der Waals surface area contributed by atoms with Crippen molar-refractivity contribution in [3.63, 3.8) is 0 Å². The minimum Gasteiger partial charge on any atom is -0.371 e. The van der Waals surface area contributed by atoms with E-state index in [0.717, 1.165) is 30.8 Å². The molecule has 0 aromatic heterocycles. The van der Waals surface area contributed by atoms with Crippen molar-refractivity contribution < 1.29 is 0 Å². The van der Waals surface area contributed by atoms with Gasteiger partial charge in [0, 0.05) is 48.5 Å². The van der Waals surface area contributed by atoms with Gasteiger partial charge in [-0.2, -0.15) is 11.8 Å². The number of aliphatic imine (C=N–C) groups is 1. The summed E-state index contributed by atoms with van der Waals surface area (Å²) in [4.78, 5) is 7.00. The Hall–Kier alpha value is -2.01. The van der Waals surface area contributed by atoms with Crippen molar-refractivity contribution >= 4 is 24.2 Å². The van der Waals surface area contributed by atoms with E-state index in [4.69, 9.17) is 5.41 Å². The third-order valence-corrected chi connectivity index (χ3v) is 6.87. The van der Waals surface area contributed by atoms with Gasteiger partial charge in [-0.3, -0.25) is 4.99 Å². The topological polar surface area (TPSA) is 51.5 Å². The van der Waals surface area contributed by atoms with Gasteiger partial charge < -0.3 is 15.6 Å². The zero-order chi connectivity index (χ0) is 22.5. The number of thioether (sulfide) groups is 1. The number of hydrogen-bond donors (Lipinski definition) is 2. The summed E-state index contributed by atoms with van der Waals surface area (Å²) in [5.74, 6) is 3.15. The van der Waals surface area contributed by atoms with Crippen LogP contribution in [0.4, 0.5) is 0 Å². The van der Waals surface area contributed by atoms with Gasteiger partial charge in [0.05, 0.1) is 5.82 Å². The van der Waals surface area contributed by atoms with Crippen LogP contribution in [0.1, 0.15) is 46.5 Å². The van der Waals surface area contributed by atoms with Crippen LogP contribution in [0.5, 0.6) is 0 Å². The maximum Gasteiger partial charge on any atom is 0.0972 e. The van der Waals surface area contributed by atoms with E-state index in [2.05, 4.69) is 59.1 Å². The molecule has 0 aromatic rings. The fourth-order valence-electron chi connectivity index (χ4n) is 3.84. The third kappa shape index (κ3) is 9.34. The van der Waals surface area contributed by atoms with Crippen molar-refractivity contribution in [3.05, 3.63) is 60.1 Å². The van der Waals surface area contributed by atoms with Crippen LogP contribution in [0, 0.1) is 17.2 Å². The molecule has 0 aliphatic carbocycles. The van der Waals surface area contributed by atoms with Crippen molar-refractivity contribution in [2.75, 3.05) is 25.4 Å². The normalized spacial score (nSPS) is 22.2. The molecule has 0 bridgehead atoms. The van der Waals surface area contributed by atoms with E-state index in [1.807, 2.05) is 37.9 Å². The van der Waals surface area contributed by atoms with Crippen molar-refractivity contribution in [3.8, 4) is 0 Å². The summed E-state index contributed by atoms with van der Waals surface area (Å²) in [6.45, 7) is 13.5. The number of nitrogens with one attached hydrogen (secondary N) is 2. The second-order valence-electron chi connectivity index (χ2n) is 8.41. The molecular formula is C26H40N4S. The van der Waals surface area contributed by atoms with E-state index >= 15 is 0 Å². The van der Waals surface area contributed by atoms with Crippen LogP contribution in [-0.2, 0) is 0 Å². The number of rotatable bonds is 12. The molecule has 5 heteroatoms. The number of allylic oxidation sites excluding steroid dienone is 6. The molecule has 0 radical (unpaired) electrons. The molecule has 0 saturated carbocycles. The smallest absolute Gasteiger partial charge is 0.0972 e. The largest absolute Gasteiger partial charge is 0.371 e. The fraction of sp³-hybridized carbons (Fsp3) is 0.538. The van der Waals surface area contributed by atoms with Crippen LogP contribution in [0.25, 0.3) is 0 Å². The Balaban J connectivity index is 2.02. The van der Waals surface area contributed by atoms with Crippen LogP contribution in [0.3, 0.4) is 0 Å². The minimum atomic E-state index is 0.388. The average Bonchev–Trinajstić information content (AvgIpc) is 3.30. The molecule has 1 saturated heterocycles. The highest BCUT2D eigenvalue weighted by Gasteiger charge is 2.22. The molecule has 2 aliphatic heterocycles. The van der Waals surface area contributed by atoms with E-state index in [9.17, 15) is 0 Å². The molecule has 3 atom stereocenters. The van der Waals surface area contributed by atoms with Gasteiger partial charge in [0.1, 0.15) is 0 Å². The van der Waals surface area contributed by atoms with E-state index in [0.29, 0.717) is 17.1 Å². The second kappa shape index (κ2) is 14.1. The first-order chi connectivity index (χ1) is 15.0. The van der Waals surface area contributed by atoms with E-state index < -0.39 is 0 Å². The first kappa shape index (κ1) is 25.3. The van der Waals surface area contributed by atoms with E-state index in [-0.39, 0.29) is 0 Å². The highest BCUT2D eigenvalue weighted by molar-refractivity contribution is 8.00. The predicted molar refractivity (Wildman–Crippen MR) is 139 cm³/mol. The molecule has 31 heavy (non-hydrogen) atoms. The summed E-state index contributed by atoms with van der Waals surface area (Å²) >= 11 is 1.95. The standard InChI is InChI=1S/C26H40N4S/c1-5-6-7-10-23(13-14-27)20-31-22(4)17-25(19-28-21(2)3)24-11-12-26(29-18-24)30-15-8-9-16-30/h5-7,10,12,14,17,19,22-24,27,29H,2,8-9,11,13,15-16,18,20H2,1,3-4H3/b6-5-,10-7-,25-17+,27-14?,28-19?. The molecular weight excluding hydrogens is 400 g/mol. The third-order valence-electron chi connectivity index (χ3n) is 5.59. The van der Waals surface area contributed by atoms with Crippen LogP contribution in [0.2, 0.25) is 0 Å². The van der Waals surface area contributed by atoms with E-state index in [1.165, 1.54) is 43.5 Å². The highest BCUT2D eigenvalue weighted by Crippen LogP contribution is 2.26. The minimum absolute atomic E-state index is 0.388. The van der Waals surface area contributed by atoms with Gasteiger partial charge in [-0.25, -0.2) is 0 Å². The Morgan fingerprint density at radius 3 is 2.77 bits per heavy atom. The molecule has 0 amide bonds. The summed E-state index contributed by atoms with van der Waals surface area (Å²) < 4.78 is 0. The van der Waals surface area contributed by atoms with Crippen molar-refractivity contribution in [2.24, 2.45) is 16.8 Å². The molecule has 2 rings (SSSR count). The zero-order valence-corrected chi connectivity index (χ0v) is 20.3. The first-order valence-electron chi connectivity index (χ1n) is 11.5. The SMILES string of the molecule is C=C(C)N=C/C(=C\C(C)SCC(/C=C\C=C/C)CC=N)C1CC=C(N2CCCC2)NC1. The summed E-state index contributed by atoms with van der Waals surface area (Å²) in [6, 6.07) is 0. The van der Waals surface area contributed by atoms with Crippen LogP contribution < -0.4 is 5.32 Å². The number of nitrogens with zero attached hydrogens (tertiary/aromatic N) is 2. The van der Waals surface area contributed by atoms with Gasteiger partial charge in [-0.05, 0) is 70.2 Å². The molecule has 170 valence electrons. The maximum absolute atomic E-state index is 7.48. The Bertz CT molecular complexity index is 726. The Morgan fingerprint density at radius 2 is 2.16 bits per heavy atom. The van der Waals surface area contributed by atoms with Gasteiger partial charge in [0.15, 0.2) is 0 Å². The summed E-state index contributed by atoms with van der Waals surface area (Å²) in [5.41, 5.74) is 2.13. The zero-order valence-electron chi connectivity index (χ0n) is 19.5. The van der Waals surface area contributed by atoms with Crippen molar-refractivity contribution in [1.82, 2.24) is 10.2 Å². The van der Waals surface area contributed by atoms with Gasteiger partial charge in [-0.15, -0.1) is 0 Å². The molecule has 2 heterocycles. The van der Waals surface area contributed by atoms with Crippen LogP contribution in [-0.4, -0.2) is 48.0 Å². The Kier molecular flexibility index (Phi) is 11.5. The maximum atomic E-state index is 7.48. The fourth-order valence-corrected chi connectivity index (χ4v) is 4.89. The lowest BCUT2D eigenvalue weighted by Crippen LogP contribution is -2.36. The second-order valence-corrected chi connectivity index (χ2v) is 9.82. The lowest BCUT2D eigenvalue weighted by molar-refractivity contribution is 0.363. The van der Waals surface area contributed by atoms with Gasteiger partial charge in [0.25, 0.3) is 0 Å². The molecule has 0 aromatic carbocycles. The van der Waals surface area contributed by atoms with Crippen LogP contribution in [0.15, 0.2) is 65.1 Å². The lowest BCUT2D eigenvalue weighted by Gasteiger charge is -2.30. The molecule has 4 nitrogen and oxygen atoms in total. The molecule has 0 spiro atoms. The molecule has 1 fully saturated rings. The van der Waals surface area contributed by atoms with E-state index in [1.54, 1.807) is 0 Å². The predicted octanol–water partition coefficient (Wildman–Crippen LogP) is 5.97. The quantitative estimate of drug-likeness (QED) is 0.290.